The fourth-order valence-corrected chi connectivity index (χ4v) is 5.95. The Bertz CT molecular complexity index is 1140. The molecule has 1 aliphatic carbocycles. The molecule has 3 N–H and O–H groups in total. The Balaban J connectivity index is 1.35. The van der Waals surface area contributed by atoms with E-state index in [0.717, 1.165) is 36.9 Å². The molecule has 2 aliphatic heterocycles. The van der Waals surface area contributed by atoms with E-state index in [1.165, 1.54) is 0 Å². The Hall–Kier alpha value is -3.20. The minimum Gasteiger partial charge on any atom is -0.381 e. The van der Waals surface area contributed by atoms with Gasteiger partial charge in [0.05, 0.1) is 5.41 Å². The maximum Gasteiger partial charge on any atom is 0.270 e. The molecule has 36 heavy (non-hydrogen) atoms. The van der Waals surface area contributed by atoms with Crippen LogP contribution in [0.25, 0.3) is 0 Å². The predicted octanol–water partition coefficient (Wildman–Crippen LogP) is 3.47. The molecule has 192 valence electrons. The monoisotopic (exact) mass is 493 g/mol. The van der Waals surface area contributed by atoms with E-state index in [-0.39, 0.29) is 23.6 Å². The topological polar surface area (TPSA) is 114 Å². The fourth-order valence-electron chi connectivity index (χ4n) is 5.95. The Morgan fingerprint density at radius 3 is 2.67 bits per heavy atom. The van der Waals surface area contributed by atoms with Gasteiger partial charge in [0.25, 0.3) is 5.91 Å². The van der Waals surface area contributed by atoms with Crippen molar-refractivity contribution in [2.24, 2.45) is 11.8 Å². The van der Waals surface area contributed by atoms with E-state index in [1.54, 1.807) is 16.9 Å². The van der Waals surface area contributed by atoms with Gasteiger partial charge >= 0.3 is 0 Å². The second-order valence-electron chi connectivity index (χ2n) is 10.4. The molecule has 1 saturated carbocycles. The van der Waals surface area contributed by atoms with Crippen LogP contribution in [0.3, 0.4) is 0 Å². The predicted molar refractivity (Wildman–Crippen MR) is 136 cm³/mol. The number of rotatable bonds is 6. The summed E-state index contributed by atoms with van der Waals surface area (Å²) in [6.07, 6.45) is 6.75. The Morgan fingerprint density at radius 1 is 1.19 bits per heavy atom. The second kappa shape index (κ2) is 10.0. The van der Waals surface area contributed by atoms with Crippen molar-refractivity contribution in [2.45, 2.75) is 70.4 Å². The maximum absolute atomic E-state index is 13.6. The average molecular weight is 494 g/mol. The van der Waals surface area contributed by atoms with Crippen molar-refractivity contribution in [1.29, 1.82) is 0 Å². The third kappa shape index (κ3) is 4.52. The normalized spacial score (nSPS) is 23.6. The van der Waals surface area contributed by atoms with Gasteiger partial charge < -0.3 is 20.7 Å². The number of carbonyl (C=O) groups is 3. The van der Waals surface area contributed by atoms with Gasteiger partial charge in [-0.15, -0.1) is 0 Å². The van der Waals surface area contributed by atoms with Crippen LogP contribution in [-0.2, 0) is 26.3 Å². The number of aryl methyl sites for hydroxylation is 1. The minimum atomic E-state index is -0.658. The molecule has 0 bridgehead atoms. The molecule has 3 heterocycles. The first-order valence-electron chi connectivity index (χ1n) is 13.1. The molecule has 1 aromatic carbocycles. The average Bonchev–Trinajstić information content (AvgIpc) is 3.46. The summed E-state index contributed by atoms with van der Waals surface area (Å²) in [5.74, 6) is 0.146. The molecule has 0 radical (unpaired) electrons. The number of aromatic nitrogens is 2. The SMILES string of the molecule is CCn1nccc1C(=O)N[C@H](C(=O)Nc1ccc2c(c1)NC(=O)C21CCOCC1)[C@H]1CC[C@H](C)CC1. The molecule has 1 atom stereocenters. The zero-order chi connectivity index (χ0) is 25.3. The molecule has 2 fully saturated rings. The summed E-state index contributed by atoms with van der Waals surface area (Å²) >= 11 is 0. The highest BCUT2D eigenvalue weighted by Crippen LogP contribution is 2.45. The van der Waals surface area contributed by atoms with Crippen LogP contribution in [-0.4, -0.2) is 46.8 Å². The Kier molecular flexibility index (Phi) is 6.83. The molecule has 2 aromatic rings. The lowest BCUT2D eigenvalue weighted by Crippen LogP contribution is -2.49. The number of nitrogens with one attached hydrogen (secondary N) is 3. The first-order valence-corrected chi connectivity index (χ1v) is 13.1. The number of hydrogen-bond acceptors (Lipinski definition) is 5. The summed E-state index contributed by atoms with van der Waals surface area (Å²) in [7, 11) is 0. The van der Waals surface area contributed by atoms with Gasteiger partial charge in [-0.25, -0.2) is 0 Å². The molecule has 5 rings (SSSR count). The number of carbonyl (C=O) groups excluding carboxylic acids is 3. The van der Waals surface area contributed by atoms with Gasteiger partial charge in [-0.1, -0.05) is 25.8 Å². The van der Waals surface area contributed by atoms with Gasteiger partial charge in [0.15, 0.2) is 0 Å². The Labute approximate surface area is 211 Å². The maximum atomic E-state index is 13.6. The highest BCUT2D eigenvalue weighted by molar-refractivity contribution is 6.07. The smallest absolute Gasteiger partial charge is 0.270 e. The van der Waals surface area contributed by atoms with Gasteiger partial charge in [-0.3, -0.25) is 19.1 Å². The molecule has 1 aromatic heterocycles. The number of nitrogens with zero attached hydrogens (tertiary/aromatic N) is 2. The summed E-state index contributed by atoms with van der Waals surface area (Å²) < 4.78 is 7.11. The zero-order valence-electron chi connectivity index (χ0n) is 21.0. The quantitative estimate of drug-likeness (QED) is 0.570. The standard InChI is InChI=1S/C27H35N5O4/c1-3-32-22(10-13-28-32)24(33)31-23(18-6-4-17(2)5-7-18)25(34)29-19-8-9-20-21(16-19)30-26(35)27(20)11-14-36-15-12-27/h8-10,13,16-18,23H,3-7,11-12,14-15H2,1-2H3,(H,29,34)(H,30,35)(H,31,33)/t17-,18-,23-/m0/s1. The first-order chi connectivity index (χ1) is 17.4. The van der Waals surface area contributed by atoms with E-state index in [0.29, 0.717) is 49.9 Å². The van der Waals surface area contributed by atoms with Crippen molar-refractivity contribution >= 4 is 29.1 Å². The fraction of sp³-hybridized carbons (Fsp3) is 0.556. The van der Waals surface area contributed by atoms with Crippen LogP contribution in [0.2, 0.25) is 0 Å². The van der Waals surface area contributed by atoms with Gasteiger partial charge in [0.2, 0.25) is 11.8 Å². The van der Waals surface area contributed by atoms with Crippen LogP contribution in [0, 0.1) is 11.8 Å². The van der Waals surface area contributed by atoms with E-state index in [1.807, 2.05) is 25.1 Å². The minimum absolute atomic E-state index is 0.00159. The van der Waals surface area contributed by atoms with Crippen molar-refractivity contribution in [1.82, 2.24) is 15.1 Å². The van der Waals surface area contributed by atoms with Crippen LogP contribution >= 0.6 is 0 Å². The van der Waals surface area contributed by atoms with Gasteiger partial charge in [0.1, 0.15) is 11.7 Å². The summed E-state index contributed by atoms with van der Waals surface area (Å²) in [5.41, 5.74) is 2.20. The van der Waals surface area contributed by atoms with Gasteiger partial charge in [0, 0.05) is 37.3 Å². The van der Waals surface area contributed by atoms with E-state index in [2.05, 4.69) is 28.0 Å². The number of hydrogen-bond donors (Lipinski definition) is 3. The lowest BCUT2D eigenvalue weighted by atomic mass is 9.75. The van der Waals surface area contributed by atoms with Crippen LogP contribution < -0.4 is 16.0 Å². The zero-order valence-corrected chi connectivity index (χ0v) is 21.0. The number of benzene rings is 1. The molecular weight excluding hydrogens is 458 g/mol. The number of amides is 3. The van der Waals surface area contributed by atoms with Crippen molar-refractivity contribution < 1.29 is 19.1 Å². The number of fused-ring (bicyclic) bond motifs is 2. The molecule has 0 unspecified atom stereocenters. The van der Waals surface area contributed by atoms with Crippen LogP contribution in [0.4, 0.5) is 11.4 Å². The highest BCUT2D eigenvalue weighted by atomic mass is 16.5. The number of anilines is 2. The lowest BCUT2D eigenvalue weighted by molar-refractivity contribution is -0.124. The summed E-state index contributed by atoms with van der Waals surface area (Å²) in [5, 5.41) is 13.2. The third-order valence-electron chi connectivity index (χ3n) is 8.18. The third-order valence-corrected chi connectivity index (χ3v) is 8.18. The summed E-state index contributed by atoms with van der Waals surface area (Å²) in [6.45, 7) is 5.84. The van der Waals surface area contributed by atoms with E-state index < -0.39 is 11.5 Å². The molecule has 1 saturated heterocycles. The first kappa shape index (κ1) is 24.5. The lowest BCUT2D eigenvalue weighted by Gasteiger charge is -2.32. The molecule has 3 amide bonds. The van der Waals surface area contributed by atoms with E-state index in [9.17, 15) is 14.4 Å². The molecule has 3 aliphatic rings. The summed E-state index contributed by atoms with van der Waals surface area (Å²) in [4.78, 5) is 39.5. The van der Waals surface area contributed by atoms with Crippen molar-refractivity contribution in [3.63, 3.8) is 0 Å². The summed E-state index contributed by atoms with van der Waals surface area (Å²) in [6, 6.07) is 6.62. The number of ether oxygens (including phenoxy) is 1. The van der Waals surface area contributed by atoms with E-state index >= 15 is 0 Å². The molecule has 9 nitrogen and oxygen atoms in total. The second-order valence-corrected chi connectivity index (χ2v) is 10.4. The van der Waals surface area contributed by atoms with Crippen LogP contribution in [0.15, 0.2) is 30.5 Å². The van der Waals surface area contributed by atoms with Gasteiger partial charge in [-0.2, -0.15) is 5.10 Å². The Morgan fingerprint density at radius 2 is 1.94 bits per heavy atom. The van der Waals surface area contributed by atoms with Crippen LogP contribution in [0.5, 0.6) is 0 Å². The highest BCUT2D eigenvalue weighted by Gasteiger charge is 2.47. The molecular formula is C27H35N5O4. The molecule has 9 heteroatoms. The van der Waals surface area contributed by atoms with Crippen molar-refractivity contribution in [2.75, 3.05) is 23.8 Å². The largest absolute Gasteiger partial charge is 0.381 e. The van der Waals surface area contributed by atoms with E-state index in [4.69, 9.17) is 4.74 Å². The van der Waals surface area contributed by atoms with Crippen molar-refractivity contribution in [3.05, 3.63) is 41.7 Å². The van der Waals surface area contributed by atoms with Gasteiger partial charge in [-0.05, 0) is 68.2 Å². The molecule has 1 spiro atoms. The van der Waals surface area contributed by atoms with Crippen LogP contribution in [0.1, 0.15) is 68.4 Å². The van der Waals surface area contributed by atoms with Crippen molar-refractivity contribution in [3.8, 4) is 0 Å².